The van der Waals surface area contributed by atoms with Gasteiger partial charge in [-0.3, -0.25) is 4.68 Å². The van der Waals surface area contributed by atoms with E-state index < -0.39 is 0 Å². The van der Waals surface area contributed by atoms with Crippen LogP contribution in [0, 0.1) is 0 Å². The molecule has 0 saturated carbocycles. The average Bonchev–Trinajstić information content (AvgIpc) is 2.78. The van der Waals surface area contributed by atoms with Crippen LogP contribution in [-0.2, 0) is 6.54 Å². The van der Waals surface area contributed by atoms with Crippen LogP contribution in [0.4, 0.5) is 5.69 Å². The number of aromatic nitrogens is 2. The summed E-state index contributed by atoms with van der Waals surface area (Å²) in [7, 11) is 4.17. The minimum Gasteiger partial charge on any atom is -0.399 e. The van der Waals surface area contributed by atoms with Crippen LogP contribution >= 0.6 is 0 Å². The summed E-state index contributed by atoms with van der Waals surface area (Å²) in [5.74, 6) is 0. The van der Waals surface area contributed by atoms with Crippen molar-refractivity contribution in [1.82, 2.24) is 14.7 Å². The Morgan fingerprint density at radius 2 is 1.89 bits per heavy atom. The van der Waals surface area contributed by atoms with Gasteiger partial charge in [0.05, 0.1) is 6.20 Å². The van der Waals surface area contributed by atoms with E-state index in [0.29, 0.717) is 0 Å². The summed E-state index contributed by atoms with van der Waals surface area (Å²) in [5, 5.41) is 4.38. The molecule has 2 N–H and O–H groups in total. The summed E-state index contributed by atoms with van der Waals surface area (Å²) in [6.45, 7) is 2.03. The fourth-order valence-corrected chi connectivity index (χ4v) is 1.86. The minimum absolute atomic E-state index is 0.789. The van der Waals surface area contributed by atoms with E-state index in [9.17, 15) is 0 Å². The molecule has 0 bridgehead atoms. The Morgan fingerprint density at radius 3 is 2.56 bits per heavy atom. The van der Waals surface area contributed by atoms with E-state index in [0.717, 1.165) is 36.3 Å². The highest BCUT2D eigenvalue weighted by molar-refractivity contribution is 5.63. The highest BCUT2D eigenvalue weighted by Crippen LogP contribution is 2.19. The zero-order chi connectivity index (χ0) is 13.0. The first-order valence-electron chi connectivity index (χ1n) is 6.18. The van der Waals surface area contributed by atoms with Crippen molar-refractivity contribution in [2.75, 3.05) is 26.4 Å². The second kappa shape index (κ2) is 5.69. The van der Waals surface area contributed by atoms with Crippen LogP contribution in [0.15, 0.2) is 36.7 Å². The van der Waals surface area contributed by atoms with Gasteiger partial charge >= 0.3 is 0 Å². The molecule has 0 aliphatic heterocycles. The summed E-state index contributed by atoms with van der Waals surface area (Å²) >= 11 is 0. The number of nitrogens with two attached hydrogens (primary N) is 1. The molecule has 2 rings (SSSR count). The first kappa shape index (κ1) is 12.6. The molecule has 18 heavy (non-hydrogen) atoms. The lowest BCUT2D eigenvalue weighted by Gasteiger charge is -2.08. The molecule has 0 unspecified atom stereocenters. The molecule has 96 valence electrons. The summed E-state index contributed by atoms with van der Waals surface area (Å²) < 4.78 is 2.00. The Morgan fingerprint density at radius 1 is 1.17 bits per heavy atom. The number of rotatable bonds is 5. The molecular formula is C14H20N4. The molecule has 0 radical (unpaired) electrons. The summed E-state index contributed by atoms with van der Waals surface area (Å²) in [6.07, 6.45) is 5.10. The van der Waals surface area contributed by atoms with Gasteiger partial charge in [-0.15, -0.1) is 0 Å². The second-order valence-corrected chi connectivity index (χ2v) is 4.77. The minimum atomic E-state index is 0.789. The van der Waals surface area contributed by atoms with Gasteiger partial charge in [0.1, 0.15) is 0 Å². The molecule has 1 aromatic carbocycles. The van der Waals surface area contributed by atoms with Crippen molar-refractivity contribution in [3.05, 3.63) is 36.7 Å². The molecule has 1 heterocycles. The van der Waals surface area contributed by atoms with E-state index >= 15 is 0 Å². The van der Waals surface area contributed by atoms with Gasteiger partial charge in [0.15, 0.2) is 0 Å². The first-order chi connectivity index (χ1) is 8.65. The molecule has 4 nitrogen and oxygen atoms in total. The van der Waals surface area contributed by atoms with E-state index in [-0.39, 0.29) is 0 Å². The number of anilines is 1. The van der Waals surface area contributed by atoms with Gasteiger partial charge in [-0.2, -0.15) is 5.10 Å². The van der Waals surface area contributed by atoms with Crippen molar-refractivity contribution in [1.29, 1.82) is 0 Å². The van der Waals surface area contributed by atoms with Crippen LogP contribution in [0.1, 0.15) is 6.42 Å². The number of benzene rings is 1. The Kier molecular flexibility index (Phi) is 3.99. The maximum absolute atomic E-state index is 5.68. The third kappa shape index (κ3) is 3.34. The smallest absolute Gasteiger partial charge is 0.0568 e. The molecule has 0 spiro atoms. The predicted molar refractivity (Wildman–Crippen MR) is 75.2 cm³/mol. The molecule has 0 amide bonds. The lowest BCUT2D eigenvalue weighted by Crippen LogP contribution is -2.15. The zero-order valence-corrected chi connectivity index (χ0v) is 11.0. The third-order valence-electron chi connectivity index (χ3n) is 2.87. The van der Waals surface area contributed by atoms with Crippen molar-refractivity contribution in [3.63, 3.8) is 0 Å². The number of hydrogen-bond acceptors (Lipinski definition) is 3. The molecule has 0 aliphatic carbocycles. The fourth-order valence-electron chi connectivity index (χ4n) is 1.86. The largest absolute Gasteiger partial charge is 0.399 e. The third-order valence-corrected chi connectivity index (χ3v) is 2.87. The highest BCUT2D eigenvalue weighted by atomic mass is 15.3. The SMILES string of the molecule is CN(C)CCCn1cc(-c2ccc(N)cc2)cn1. The first-order valence-corrected chi connectivity index (χ1v) is 6.18. The number of aryl methyl sites for hydroxylation is 1. The lowest BCUT2D eigenvalue weighted by atomic mass is 10.1. The van der Waals surface area contributed by atoms with Gasteiger partial charge in [0.2, 0.25) is 0 Å². The summed E-state index contributed by atoms with van der Waals surface area (Å²) in [4.78, 5) is 2.18. The normalized spacial score (nSPS) is 11.1. The van der Waals surface area contributed by atoms with Crippen molar-refractivity contribution < 1.29 is 0 Å². The van der Waals surface area contributed by atoms with Crippen molar-refractivity contribution in [2.24, 2.45) is 0 Å². The fraction of sp³-hybridized carbons (Fsp3) is 0.357. The van der Waals surface area contributed by atoms with Crippen molar-refractivity contribution in [2.45, 2.75) is 13.0 Å². The van der Waals surface area contributed by atoms with Crippen molar-refractivity contribution in [3.8, 4) is 11.1 Å². The van der Waals surface area contributed by atoms with Crippen molar-refractivity contribution >= 4 is 5.69 Å². The van der Waals surface area contributed by atoms with E-state index in [1.165, 1.54) is 0 Å². The lowest BCUT2D eigenvalue weighted by molar-refractivity contribution is 0.380. The summed E-state index contributed by atoms with van der Waals surface area (Å²) in [6, 6.07) is 7.88. The van der Waals surface area contributed by atoms with Crippen LogP contribution in [0.3, 0.4) is 0 Å². The number of nitrogens with zero attached hydrogens (tertiary/aromatic N) is 3. The summed E-state index contributed by atoms with van der Waals surface area (Å²) in [5.41, 5.74) is 8.76. The van der Waals surface area contributed by atoms with Gasteiger partial charge in [0.25, 0.3) is 0 Å². The van der Waals surface area contributed by atoms with E-state index in [4.69, 9.17) is 5.73 Å². The molecule has 0 saturated heterocycles. The topological polar surface area (TPSA) is 47.1 Å². The molecule has 0 atom stereocenters. The van der Waals surface area contributed by atoms with Crippen LogP contribution in [0.25, 0.3) is 11.1 Å². The zero-order valence-electron chi connectivity index (χ0n) is 11.0. The van der Waals surface area contributed by atoms with Gasteiger partial charge in [0, 0.05) is 24.0 Å². The molecule has 0 aliphatic rings. The van der Waals surface area contributed by atoms with Crippen LogP contribution < -0.4 is 5.73 Å². The Balaban J connectivity index is 1.99. The number of nitrogen functional groups attached to an aromatic ring is 1. The van der Waals surface area contributed by atoms with E-state index in [1.807, 2.05) is 35.1 Å². The Labute approximate surface area is 108 Å². The maximum Gasteiger partial charge on any atom is 0.0568 e. The maximum atomic E-state index is 5.68. The van der Waals surface area contributed by atoms with Crippen LogP contribution in [-0.4, -0.2) is 35.3 Å². The van der Waals surface area contributed by atoms with Crippen LogP contribution in [0.2, 0.25) is 0 Å². The Bertz CT molecular complexity index is 485. The van der Waals surface area contributed by atoms with Gasteiger partial charge in [-0.1, -0.05) is 12.1 Å². The van der Waals surface area contributed by atoms with Gasteiger partial charge in [-0.25, -0.2) is 0 Å². The molecule has 1 aromatic heterocycles. The van der Waals surface area contributed by atoms with Gasteiger partial charge < -0.3 is 10.6 Å². The molecule has 0 fully saturated rings. The number of hydrogen-bond donors (Lipinski definition) is 1. The van der Waals surface area contributed by atoms with Gasteiger partial charge in [-0.05, 0) is 44.8 Å². The molecule has 4 heteroatoms. The highest BCUT2D eigenvalue weighted by Gasteiger charge is 2.01. The monoisotopic (exact) mass is 244 g/mol. The average molecular weight is 244 g/mol. The quantitative estimate of drug-likeness (QED) is 0.819. The van der Waals surface area contributed by atoms with E-state index in [2.05, 4.69) is 30.3 Å². The predicted octanol–water partition coefficient (Wildman–Crippen LogP) is 2.08. The standard InChI is InChI=1S/C14H20N4/c1-17(2)8-3-9-18-11-13(10-16-18)12-4-6-14(15)7-5-12/h4-7,10-11H,3,8-9,15H2,1-2H3. The second-order valence-electron chi connectivity index (χ2n) is 4.77. The van der Waals surface area contributed by atoms with E-state index in [1.54, 1.807) is 0 Å². The Hall–Kier alpha value is -1.81. The van der Waals surface area contributed by atoms with Crippen LogP contribution in [0.5, 0.6) is 0 Å². The molecular weight excluding hydrogens is 224 g/mol. The molecule has 2 aromatic rings.